The van der Waals surface area contributed by atoms with Gasteiger partial charge in [0.15, 0.2) is 18.0 Å². The third kappa shape index (κ3) is 4.61. The lowest BCUT2D eigenvalue weighted by atomic mass is 10.1. The summed E-state index contributed by atoms with van der Waals surface area (Å²) in [5, 5.41) is 4.08. The third-order valence-corrected chi connectivity index (χ3v) is 4.97. The van der Waals surface area contributed by atoms with Crippen LogP contribution in [0.2, 0.25) is 10.0 Å². The van der Waals surface area contributed by atoms with Gasteiger partial charge in [0, 0.05) is 5.56 Å². The Morgan fingerprint density at radius 1 is 1.15 bits per heavy atom. The molecule has 1 aliphatic heterocycles. The number of nitrogens with one attached hydrogen (secondary N) is 2. The first kappa shape index (κ1) is 18.8. The Morgan fingerprint density at radius 3 is 2.69 bits per heavy atom. The molecular weight excluding hydrogens is 375 g/mol. The summed E-state index contributed by atoms with van der Waals surface area (Å²) in [6.07, 6.45) is 0. The molecule has 2 aromatic rings. The number of hydrogen-bond acceptors (Lipinski definition) is 3. The maximum Gasteiger partial charge on any atom is 0.275 e. The predicted molar refractivity (Wildman–Crippen MR) is 101 cm³/mol. The fourth-order valence-corrected chi connectivity index (χ4v) is 3.21. The molecule has 2 atom stereocenters. The van der Waals surface area contributed by atoms with E-state index in [2.05, 4.69) is 5.32 Å². The van der Waals surface area contributed by atoms with Crippen LogP contribution in [0.5, 0.6) is 11.5 Å². The van der Waals surface area contributed by atoms with Gasteiger partial charge in [-0.1, -0.05) is 35.3 Å². The molecule has 0 aliphatic carbocycles. The van der Waals surface area contributed by atoms with Crippen molar-refractivity contribution in [3.8, 4) is 11.5 Å². The molecule has 26 heavy (non-hydrogen) atoms. The van der Waals surface area contributed by atoms with Crippen molar-refractivity contribution in [1.82, 2.24) is 5.32 Å². The first-order chi connectivity index (χ1) is 12.4. The highest BCUT2D eigenvalue weighted by Crippen LogP contribution is 2.34. The van der Waals surface area contributed by atoms with Crippen LogP contribution in [0.25, 0.3) is 0 Å². The van der Waals surface area contributed by atoms with Gasteiger partial charge in [0.2, 0.25) is 6.79 Å². The molecule has 0 saturated carbocycles. The Bertz CT molecular complexity index is 813. The molecule has 0 fully saturated rings. The summed E-state index contributed by atoms with van der Waals surface area (Å²) in [5.74, 6) is 1.43. The maximum absolute atomic E-state index is 12.3. The van der Waals surface area contributed by atoms with Crippen LogP contribution in [0.3, 0.4) is 0 Å². The molecule has 0 saturated heterocycles. The van der Waals surface area contributed by atoms with Crippen LogP contribution in [0.4, 0.5) is 0 Å². The Labute approximate surface area is 162 Å². The van der Waals surface area contributed by atoms with E-state index in [0.29, 0.717) is 28.9 Å². The zero-order valence-corrected chi connectivity index (χ0v) is 16.2. The summed E-state index contributed by atoms with van der Waals surface area (Å²) >= 11 is 12.0. The largest absolute Gasteiger partial charge is 0.454 e. The molecule has 1 amide bonds. The van der Waals surface area contributed by atoms with Gasteiger partial charge < -0.3 is 19.7 Å². The lowest BCUT2D eigenvalue weighted by molar-refractivity contribution is -0.885. The summed E-state index contributed by atoms with van der Waals surface area (Å²) < 4.78 is 10.7. The van der Waals surface area contributed by atoms with Crippen LogP contribution < -0.4 is 19.7 Å². The van der Waals surface area contributed by atoms with Crippen molar-refractivity contribution in [3.63, 3.8) is 0 Å². The average Bonchev–Trinajstić information content (AvgIpc) is 3.05. The molecule has 5 nitrogen and oxygen atoms in total. The van der Waals surface area contributed by atoms with Crippen molar-refractivity contribution in [1.29, 1.82) is 0 Å². The lowest BCUT2D eigenvalue weighted by Crippen LogP contribution is -3.08. The summed E-state index contributed by atoms with van der Waals surface area (Å²) in [6, 6.07) is 11.1. The van der Waals surface area contributed by atoms with Crippen LogP contribution in [-0.2, 0) is 11.3 Å². The Balaban J connectivity index is 1.53. The monoisotopic (exact) mass is 395 g/mol. The minimum atomic E-state index is -0.116. The van der Waals surface area contributed by atoms with Crippen LogP contribution in [-0.4, -0.2) is 26.3 Å². The number of likely N-dealkylation sites (N-methyl/N-ethyl adjacent to an activating group) is 1. The van der Waals surface area contributed by atoms with Crippen LogP contribution >= 0.6 is 23.2 Å². The van der Waals surface area contributed by atoms with E-state index in [9.17, 15) is 4.79 Å². The number of benzene rings is 2. The summed E-state index contributed by atoms with van der Waals surface area (Å²) in [5.41, 5.74) is 2.01. The first-order valence-corrected chi connectivity index (χ1v) is 9.12. The van der Waals surface area contributed by atoms with Crippen molar-refractivity contribution in [2.45, 2.75) is 19.5 Å². The number of rotatable bonds is 6. The highest BCUT2D eigenvalue weighted by Gasteiger charge is 2.18. The normalized spacial score (nSPS) is 14.8. The van der Waals surface area contributed by atoms with E-state index >= 15 is 0 Å². The number of halogens is 2. The topological polar surface area (TPSA) is 52.0 Å². The molecule has 2 N–H and O–H groups in total. The van der Waals surface area contributed by atoms with Crippen molar-refractivity contribution < 1.29 is 19.2 Å². The molecule has 0 radical (unpaired) electrons. The smallest absolute Gasteiger partial charge is 0.275 e. The van der Waals surface area contributed by atoms with E-state index in [1.54, 1.807) is 6.07 Å². The molecule has 1 unspecified atom stereocenters. The second-order valence-electron chi connectivity index (χ2n) is 6.46. The summed E-state index contributed by atoms with van der Waals surface area (Å²) in [4.78, 5) is 13.4. The van der Waals surface area contributed by atoms with Gasteiger partial charge in [0.1, 0.15) is 6.54 Å². The zero-order valence-electron chi connectivity index (χ0n) is 14.6. The quantitative estimate of drug-likeness (QED) is 0.790. The molecule has 0 spiro atoms. The van der Waals surface area contributed by atoms with E-state index in [1.807, 2.05) is 44.3 Å². The Morgan fingerprint density at radius 2 is 1.92 bits per heavy atom. The molecule has 0 bridgehead atoms. The molecule has 2 aromatic carbocycles. The van der Waals surface area contributed by atoms with Gasteiger partial charge >= 0.3 is 0 Å². The molecule has 0 aromatic heterocycles. The van der Waals surface area contributed by atoms with E-state index in [4.69, 9.17) is 32.7 Å². The van der Waals surface area contributed by atoms with Gasteiger partial charge in [-0.2, -0.15) is 0 Å². The standard InChI is InChI=1S/C19H20Cl2N2O3/c1-12(14-4-6-17-18(8-14)26-11-25-17)22-19(24)10-23(2)9-13-3-5-15(20)16(21)7-13/h3-8,12H,9-11H2,1-2H3,(H,22,24)/p+1/t12-/m1/s1. The van der Waals surface area contributed by atoms with Gasteiger partial charge in [-0.25, -0.2) is 0 Å². The molecule has 7 heteroatoms. The number of hydrogen-bond donors (Lipinski definition) is 2. The fraction of sp³-hybridized carbons (Fsp3) is 0.316. The van der Waals surface area contributed by atoms with E-state index in [0.717, 1.165) is 21.8 Å². The number of amides is 1. The van der Waals surface area contributed by atoms with E-state index in [1.165, 1.54) is 0 Å². The minimum absolute atomic E-state index is 0.0206. The van der Waals surface area contributed by atoms with Crippen LogP contribution in [0, 0.1) is 0 Å². The number of ether oxygens (including phenoxy) is 2. The number of carbonyl (C=O) groups is 1. The highest BCUT2D eigenvalue weighted by atomic mass is 35.5. The summed E-state index contributed by atoms with van der Waals surface area (Å²) in [6.45, 7) is 3.23. The summed E-state index contributed by atoms with van der Waals surface area (Å²) in [7, 11) is 1.97. The molecule has 138 valence electrons. The molecule has 1 aliphatic rings. The van der Waals surface area contributed by atoms with Crippen molar-refractivity contribution in [2.75, 3.05) is 20.4 Å². The number of fused-ring (bicyclic) bond motifs is 1. The zero-order chi connectivity index (χ0) is 18.7. The number of quaternary nitrogens is 1. The average molecular weight is 396 g/mol. The Kier molecular flexibility index (Phi) is 5.91. The second kappa shape index (κ2) is 8.16. The minimum Gasteiger partial charge on any atom is -0.454 e. The van der Waals surface area contributed by atoms with Crippen molar-refractivity contribution in [3.05, 3.63) is 57.6 Å². The predicted octanol–water partition coefficient (Wildman–Crippen LogP) is 2.61. The van der Waals surface area contributed by atoms with Crippen LogP contribution in [0.1, 0.15) is 24.1 Å². The van der Waals surface area contributed by atoms with Gasteiger partial charge in [0.25, 0.3) is 5.91 Å². The number of carbonyl (C=O) groups excluding carboxylic acids is 1. The van der Waals surface area contributed by atoms with Crippen molar-refractivity contribution in [2.24, 2.45) is 0 Å². The fourth-order valence-electron chi connectivity index (χ4n) is 2.89. The van der Waals surface area contributed by atoms with Gasteiger partial charge in [-0.3, -0.25) is 4.79 Å². The molecular formula is C19H21Cl2N2O3+. The third-order valence-electron chi connectivity index (χ3n) is 4.23. The van der Waals surface area contributed by atoms with Crippen LogP contribution in [0.15, 0.2) is 36.4 Å². The van der Waals surface area contributed by atoms with E-state index < -0.39 is 0 Å². The Hall–Kier alpha value is -1.95. The molecule has 1 heterocycles. The second-order valence-corrected chi connectivity index (χ2v) is 7.28. The van der Waals surface area contributed by atoms with E-state index in [-0.39, 0.29) is 18.7 Å². The van der Waals surface area contributed by atoms with Gasteiger partial charge in [-0.15, -0.1) is 0 Å². The highest BCUT2D eigenvalue weighted by molar-refractivity contribution is 6.42. The van der Waals surface area contributed by atoms with Crippen molar-refractivity contribution >= 4 is 29.1 Å². The van der Waals surface area contributed by atoms with Gasteiger partial charge in [-0.05, 0) is 36.8 Å². The maximum atomic E-state index is 12.3. The lowest BCUT2D eigenvalue weighted by Gasteiger charge is -2.18. The SMILES string of the molecule is C[C@@H](NC(=O)C[NH+](C)Cc1ccc(Cl)c(Cl)c1)c1ccc2c(c1)OCO2. The van der Waals surface area contributed by atoms with Gasteiger partial charge in [0.05, 0.1) is 23.1 Å². The molecule has 3 rings (SSSR count). The first-order valence-electron chi connectivity index (χ1n) is 8.36.